The number of carbonyl (C=O) groups excluding carboxylic acids is 1. The van der Waals surface area contributed by atoms with Gasteiger partial charge in [0.15, 0.2) is 5.76 Å². The molecule has 0 spiro atoms. The number of hydrogen-bond acceptors (Lipinski definition) is 4. The summed E-state index contributed by atoms with van der Waals surface area (Å²) in [5.41, 5.74) is 0. The number of nitrogens with one attached hydrogen (secondary N) is 1. The summed E-state index contributed by atoms with van der Waals surface area (Å²) in [6.45, 7) is 4.30. The molecule has 0 radical (unpaired) electrons. The van der Waals surface area contributed by atoms with E-state index in [1.165, 1.54) is 25.8 Å². The maximum absolute atomic E-state index is 12.0. The van der Waals surface area contributed by atoms with Gasteiger partial charge in [0.2, 0.25) is 0 Å². The van der Waals surface area contributed by atoms with Gasteiger partial charge in [-0.3, -0.25) is 4.79 Å². The lowest BCUT2D eigenvalue weighted by Crippen LogP contribution is -2.30. The van der Waals surface area contributed by atoms with Crippen molar-refractivity contribution in [1.29, 1.82) is 0 Å². The predicted molar refractivity (Wildman–Crippen MR) is 79.9 cm³/mol. The molecule has 1 aromatic rings. The normalized spacial score (nSPS) is 23.0. The molecule has 1 N–H and O–H groups in total. The lowest BCUT2D eigenvalue weighted by Gasteiger charge is -2.26. The quantitative estimate of drug-likeness (QED) is 0.859. The van der Waals surface area contributed by atoms with Crippen LogP contribution in [0, 0.1) is 18.8 Å². The second kappa shape index (κ2) is 6.40. The highest BCUT2D eigenvalue weighted by Gasteiger charge is 2.23. The molecule has 1 aromatic heterocycles. The van der Waals surface area contributed by atoms with Gasteiger partial charge in [0.05, 0.1) is 0 Å². The highest BCUT2D eigenvalue weighted by atomic mass is 35.7. The van der Waals surface area contributed by atoms with Gasteiger partial charge >= 0.3 is 0 Å². The van der Waals surface area contributed by atoms with Crippen LogP contribution in [0.5, 0.6) is 0 Å². The monoisotopic (exact) mass is 333 g/mol. The van der Waals surface area contributed by atoms with Crippen LogP contribution in [0.1, 0.15) is 48.9 Å². The third-order valence-electron chi connectivity index (χ3n) is 4.05. The molecule has 1 aliphatic carbocycles. The number of aryl methyl sites for hydroxylation is 1. The molecule has 1 amide bonds. The first kappa shape index (κ1) is 16.4. The van der Waals surface area contributed by atoms with Crippen molar-refractivity contribution in [3.05, 3.63) is 17.6 Å². The van der Waals surface area contributed by atoms with Gasteiger partial charge < -0.3 is 9.73 Å². The summed E-state index contributed by atoms with van der Waals surface area (Å²) in [6, 6.07) is 1.18. The Labute approximate surface area is 129 Å². The molecule has 7 heteroatoms. The average molecular weight is 334 g/mol. The molecule has 0 saturated heterocycles. The largest absolute Gasteiger partial charge is 0.455 e. The van der Waals surface area contributed by atoms with Crippen LogP contribution in [0.3, 0.4) is 0 Å². The number of rotatable bonds is 4. The molecule has 1 aliphatic rings. The second-order valence-corrected chi connectivity index (χ2v) is 8.34. The van der Waals surface area contributed by atoms with E-state index in [-0.39, 0.29) is 16.4 Å². The van der Waals surface area contributed by atoms with Crippen LogP contribution >= 0.6 is 10.7 Å². The molecule has 0 unspecified atom stereocenters. The molecular formula is C14H20ClNO4S. The Bertz CT molecular complexity index is 615. The standard InChI is InChI=1S/C14H20ClNO4S/c1-9-3-5-11(6-4-9)8-16-14(17)12-7-13(10(2)20-12)21(15,18)19/h7,9,11H,3-6,8H2,1-2H3,(H,16,17). The summed E-state index contributed by atoms with van der Waals surface area (Å²) >= 11 is 0. The summed E-state index contributed by atoms with van der Waals surface area (Å²) in [5, 5.41) is 2.80. The number of furan rings is 1. The Balaban J connectivity index is 1.95. The number of hydrogen-bond donors (Lipinski definition) is 1. The van der Waals surface area contributed by atoms with Gasteiger partial charge in [0, 0.05) is 23.3 Å². The second-order valence-electron chi connectivity index (χ2n) is 5.80. The zero-order chi connectivity index (χ0) is 15.6. The molecule has 5 nitrogen and oxygen atoms in total. The summed E-state index contributed by atoms with van der Waals surface area (Å²) in [6.07, 6.45) is 4.60. The smallest absolute Gasteiger partial charge is 0.287 e. The van der Waals surface area contributed by atoms with E-state index >= 15 is 0 Å². The highest BCUT2D eigenvalue weighted by Crippen LogP contribution is 2.28. The minimum absolute atomic E-state index is 0.0177. The molecule has 1 saturated carbocycles. The van der Waals surface area contributed by atoms with Crippen molar-refractivity contribution in [3.63, 3.8) is 0 Å². The zero-order valence-corrected chi connectivity index (χ0v) is 13.8. The number of halogens is 1. The van der Waals surface area contributed by atoms with E-state index in [9.17, 15) is 13.2 Å². The lowest BCUT2D eigenvalue weighted by molar-refractivity contribution is 0.0912. The van der Waals surface area contributed by atoms with E-state index < -0.39 is 15.0 Å². The van der Waals surface area contributed by atoms with Crippen LogP contribution in [0.4, 0.5) is 0 Å². The maximum atomic E-state index is 12.0. The fraction of sp³-hybridized carbons (Fsp3) is 0.643. The van der Waals surface area contributed by atoms with Crippen LogP contribution in [0.15, 0.2) is 15.4 Å². The van der Waals surface area contributed by atoms with Gasteiger partial charge in [-0.2, -0.15) is 0 Å². The fourth-order valence-electron chi connectivity index (χ4n) is 2.68. The molecule has 118 valence electrons. The lowest BCUT2D eigenvalue weighted by atomic mass is 9.83. The van der Waals surface area contributed by atoms with Crippen LogP contribution in [0.25, 0.3) is 0 Å². The fourth-order valence-corrected chi connectivity index (χ4v) is 3.77. The van der Waals surface area contributed by atoms with Gasteiger partial charge in [0.1, 0.15) is 10.7 Å². The van der Waals surface area contributed by atoms with Crippen molar-refractivity contribution < 1.29 is 17.6 Å². The summed E-state index contributed by atoms with van der Waals surface area (Å²) < 4.78 is 27.8. The molecule has 0 bridgehead atoms. The van der Waals surface area contributed by atoms with E-state index in [4.69, 9.17) is 15.1 Å². The van der Waals surface area contributed by atoms with E-state index in [1.54, 1.807) is 0 Å². The van der Waals surface area contributed by atoms with Crippen molar-refractivity contribution in [1.82, 2.24) is 5.32 Å². The molecule has 2 rings (SSSR count). The summed E-state index contributed by atoms with van der Waals surface area (Å²) in [4.78, 5) is 11.8. The zero-order valence-electron chi connectivity index (χ0n) is 12.2. The SMILES string of the molecule is Cc1oc(C(=O)NCC2CCC(C)CC2)cc1S(=O)(=O)Cl. The van der Waals surface area contributed by atoms with E-state index in [2.05, 4.69) is 12.2 Å². The Morgan fingerprint density at radius 2 is 2.00 bits per heavy atom. The van der Waals surface area contributed by atoms with Gasteiger partial charge in [-0.05, 0) is 31.6 Å². The Morgan fingerprint density at radius 3 is 2.52 bits per heavy atom. The minimum Gasteiger partial charge on any atom is -0.455 e. The van der Waals surface area contributed by atoms with Gasteiger partial charge in [-0.15, -0.1) is 0 Å². The van der Waals surface area contributed by atoms with Crippen molar-refractivity contribution in [2.75, 3.05) is 6.54 Å². The molecular weight excluding hydrogens is 314 g/mol. The topological polar surface area (TPSA) is 76.4 Å². The van der Waals surface area contributed by atoms with E-state index in [0.29, 0.717) is 12.5 Å². The molecule has 21 heavy (non-hydrogen) atoms. The first-order valence-corrected chi connectivity index (χ1v) is 9.41. The Kier molecular flexibility index (Phi) is 4.99. The van der Waals surface area contributed by atoms with Crippen molar-refractivity contribution in [2.24, 2.45) is 11.8 Å². The molecule has 1 fully saturated rings. The summed E-state index contributed by atoms with van der Waals surface area (Å²) in [7, 11) is 1.39. The number of amides is 1. The third kappa shape index (κ3) is 4.23. The van der Waals surface area contributed by atoms with E-state index in [0.717, 1.165) is 18.8 Å². The van der Waals surface area contributed by atoms with Gasteiger partial charge in [-0.25, -0.2) is 8.42 Å². The predicted octanol–water partition coefficient (Wildman–Crippen LogP) is 3.07. The van der Waals surface area contributed by atoms with Gasteiger partial charge in [-0.1, -0.05) is 19.8 Å². The van der Waals surface area contributed by atoms with Crippen molar-refractivity contribution >= 4 is 25.6 Å². The maximum Gasteiger partial charge on any atom is 0.287 e. The molecule has 0 atom stereocenters. The Morgan fingerprint density at radius 1 is 1.38 bits per heavy atom. The molecule has 0 aromatic carbocycles. The molecule has 1 heterocycles. The molecule has 0 aliphatic heterocycles. The summed E-state index contributed by atoms with van der Waals surface area (Å²) in [5.74, 6) is 0.958. The first-order valence-electron chi connectivity index (χ1n) is 7.10. The minimum atomic E-state index is -3.89. The van der Waals surface area contributed by atoms with Crippen LogP contribution < -0.4 is 5.32 Å². The third-order valence-corrected chi connectivity index (χ3v) is 5.47. The van der Waals surface area contributed by atoms with Crippen molar-refractivity contribution in [2.45, 2.75) is 44.4 Å². The van der Waals surface area contributed by atoms with Crippen LogP contribution in [-0.2, 0) is 9.05 Å². The van der Waals surface area contributed by atoms with E-state index in [1.807, 2.05) is 0 Å². The average Bonchev–Trinajstić information content (AvgIpc) is 2.80. The van der Waals surface area contributed by atoms with Crippen LogP contribution in [-0.4, -0.2) is 20.9 Å². The van der Waals surface area contributed by atoms with Crippen LogP contribution in [0.2, 0.25) is 0 Å². The highest BCUT2D eigenvalue weighted by molar-refractivity contribution is 8.13. The number of carbonyl (C=O) groups is 1. The Hall–Kier alpha value is -1.01. The first-order chi connectivity index (χ1) is 9.77. The van der Waals surface area contributed by atoms with Gasteiger partial charge in [0.25, 0.3) is 15.0 Å². The van der Waals surface area contributed by atoms with Crippen molar-refractivity contribution in [3.8, 4) is 0 Å².